The fraction of sp³-hybridized carbons (Fsp3) is 0.308. The van der Waals surface area contributed by atoms with Crippen molar-refractivity contribution in [2.45, 2.75) is 6.42 Å². The van der Waals surface area contributed by atoms with E-state index < -0.39 is 11.8 Å². The van der Waals surface area contributed by atoms with Gasteiger partial charge in [0.25, 0.3) is 0 Å². The fourth-order valence-electron chi connectivity index (χ4n) is 1.92. The van der Waals surface area contributed by atoms with Gasteiger partial charge in [0, 0.05) is 19.0 Å². The Labute approximate surface area is 104 Å². The molecule has 0 aromatic heterocycles. The van der Waals surface area contributed by atoms with Gasteiger partial charge in [-0.15, -0.1) is 0 Å². The lowest BCUT2D eigenvalue weighted by atomic mass is 9.96. The summed E-state index contributed by atoms with van der Waals surface area (Å²) in [4.78, 5) is 36.2. The van der Waals surface area contributed by atoms with E-state index in [1.165, 1.54) is 14.2 Å². The van der Waals surface area contributed by atoms with E-state index in [1.807, 2.05) is 0 Å². The van der Waals surface area contributed by atoms with E-state index in [2.05, 4.69) is 0 Å². The summed E-state index contributed by atoms with van der Waals surface area (Å²) in [6, 6.07) is 6.49. The second-order valence-electron chi connectivity index (χ2n) is 4.14. The SMILES string of the molecule is COc1ccc(C(=O)C2CC(=O)N(C)C2=O)cc1. The standard InChI is InChI=1S/C13H13NO4/c1-14-11(15)7-10(13(14)17)12(16)8-3-5-9(18-2)6-4-8/h3-6,10H,7H2,1-2H3. The van der Waals surface area contributed by atoms with Gasteiger partial charge in [-0.05, 0) is 24.3 Å². The quantitative estimate of drug-likeness (QED) is 0.452. The maximum absolute atomic E-state index is 12.1. The number of carbonyl (C=O) groups excluding carboxylic acids is 3. The van der Waals surface area contributed by atoms with Crippen molar-refractivity contribution < 1.29 is 19.1 Å². The Kier molecular flexibility index (Phi) is 3.14. The lowest BCUT2D eigenvalue weighted by Crippen LogP contribution is -2.28. The smallest absolute Gasteiger partial charge is 0.240 e. The van der Waals surface area contributed by atoms with Gasteiger partial charge in [0.15, 0.2) is 5.78 Å². The highest BCUT2D eigenvalue weighted by Crippen LogP contribution is 2.23. The number of Topliss-reactive ketones (excluding diaryl/α,β-unsaturated/α-hetero) is 1. The molecule has 1 aliphatic rings. The Morgan fingerprint density at radius 3 is 2.33 bits per heavy atom. The largest absolute Gasteiger partial charge is 0.497 e. The topological polar surface area (TPSA) is 63.7 Å². The number of ketones is 1. The molecule has 2 rings (SSSR count). The number of hydrogen-bond acceptors (Lipinski definition) is 4. The minimum atomic E-state index is -0.879. The molecule has 0 aliphatic carbocycles. The zero-order valence-electron chi connectivity index (χ0n) is 10.2. The number of ether oxygens (including phenoxy) is 1. The van der Waals surface area contributed by atoms with E-state index >= 15 is 0 Å². The highest BCUT2D eigenvalue weighted by atomic mass is 16.5. The summed E-state index contributed by atoms with van der Waals surface area (Å²) < 4.78 is 4.99. The van der Waals surface area contributed by atoms with Crippen molar-refractivity contribution in [1.29, 1.82) is 0 Å². The summed E-state index contributed by atoms with van der Waals surface area (Å²) >= 11 is 0. The normalized spacial score (nSPS) is 19.2. The highest BCUT2D eigenvalue weighted by molar-refractivity contribution is 6.18. The molecule has 1 aromatic rings. The molecule has 1 aromatic carbocycles. The van der Waals surface area contributed by atoms with Gasteiger partial charge in [-0.3, -0.25) is 19.3 Å². The molecule has 5 heteroatoms. The second-order valence-corrected chi connectivity index (χ2v) is 4.14. The monoisotopic (exact) mass is 247 g/mol. The van der Waals surface area contributed by atoms with Crippen molar-refractivity contribution >= 4 is 17.6 Å². The van der Waals surface area contributed by atoms with Gasteiger partial charge in [-0.1, -0.05) is 0 Å². The molecule has 0 spiro atoms. The van der Waals surface area contributed by atoms with Crippen molar-refractivity contribution in [2.75, 3.05) is 14.2 Å². The molecule has 1 fully saturated rings. The second kappa shape index (κ2) is 4.60. The van der Waals surface area contributed by atoms with E-state index in [0.29, 0.717) is 11.3 Å². The zero-order chi connectivity index (χ0) is 13.3. The van der Waals surface area contributed by atoms with Crippen molar-refractivity contribution in [3.63, 3.8) is 0 Å². The number of nitrogens with zero attached hydrogens (tertiary/aromatic N) is 1. The minimum Gasteiger partial charge on any atom is -0.497 e. The van der Waals surface area contributed by atoms with Crippen LogP contribution >= 0.6 is 0 Å². The van der Waals surface area contributed by atoms with Crippen LogP contribution in [-0.2, 0) is 9.59 Å². The van der Waals surface area contributed by atoms with Crippen molar-refractivity contribution in [1.82, 2.24) is 4.90 Å². The van der Waals surface area contributed by atoms with Crippen LogP contribution in [0.25, 0.3) is 0 Å². The number of imide groups is 1. The molecule has 0 N–H and O–H groups in total. The molecule has 1 unspecified atom stereocenters. The molecule has 1 atom stereocenters. The molecule has 0 radical (unpaired) electrons. The lowest BCUT2D eigenvalue weighted by molar-refractivity contribution is -0.137. The van der Waals surface area contributed by atoms with E-state index in [4.69, 9.17) is 4.74 Å². The lowest BCUT2D eigenvalue weighted by Gasteiger charge is -2.08. The van der Waals surface area contributed by atoms with Gasteiger partial charge in [0.2, 0.25) is 11.8 Å². The molecule has 2 amide bonds. The number of methoxy groups -OCH3 is 1. The van der Waals surface area contributed by atoms with Crippen LogP contribution < -0.4 is 4.74 Å². The average Bonchev–Trinajstić information content (AvgIpc) is 2.66. The van der Waals surface area contributed by atoms with Gasteiger partial charge in [0.05, 0.1) is 7.11 Å². The van der Waals surface area contributed by atoms with Crippen LogP contribution in [0.5, 0.6) is 5.75 Å². The molecular formula is C13H13NO4. The van der Waals surface area contributed by atoms with Crippen molar-refractivity contribution in [3.8, 4) is 5.75 Å². The first-order chi connectivity index (χ1) is 8.54. The van der Waals surface area contributed by atoms with Gasteiger partial charge < -0.3 is 4.74 Å². The third kappa shape index (κ3) is 1.99. The summed E-state index contributed by atoms with van der Waals surface area (Å²) in [6.45, 7) is 0. The molecule has 1 heterocycles. The number of amides is 2. The van der Waals surface area contributed by atoms with Crippen molar-refractivity contribution in [2.24, 2.45) is 5.92 Å². The maximum Gasteiger partial charge on any atom is 0.240 e. The van der Waals surface area contributed by atoms with E-state index in [1.54, 1.807) is 24.3 Å². The van der Waals surface area contributed by atoms with Crippen LogP contribution in [0, 0.1) is 5.92 Å². The van der Waals surface area contributed by atoms with E-state index in [0.717, 1.165) is 4.90 Å². The minimum absolute atomic E-state index is 0.0415. The summed E-state index contributed by atoms with van der Waals surface area (Å²) in [5, 5.41) is 0. The molecular weight excluding hydrogens is 234 g/mol. The Balaban J connectivity index is 2.21. The van der Waals surface area contributed by atoms with E-state index in [9.17, 15) is 14.4 Å². The number of likely N-dealkylation sites (tertiary alicyclic amines) is 1. The van der Waals surface area contributed by atoms with Crippen LogP contribution in [-0.4, -0.2) is 36.7 Å². The van der Waals surface area contributed by atoms with Gasteiger partial charge >= 0.3 is 0 Å². The van der Waals surface area contributed by atoms with E-state index in [-0.39, 0.29) is 18.1 Å². The first-order valence-corrected chi connectivity index (χ1v) is 5.53. The van der Waals surface area contributed by atoms with Gasteiger partial charge in [-0.2, -0.15) is 0 Å². The number of rotatable bonds is 3. The van der Waals surface area contributed by atoms with Crippen LogP contribution in [0.2, 0.25) is 0 Å². The van der Waals surface area contributed by atoms with Gasteiger partial charge in [-0.25, -0.2) is 0 Å². The molecule has 0 saturated carbocycles. The Morgan fingerprint density at radius 1 is 1.28 bits per heavy atom. The summed E-state index contributed by atoms with van der Waals surface area (Å²) in [6.07, 6.45) is -0.0415. The average molecular weight is 247 g/mol. The highest BCUT2D eigenvalue weighted by Gasteiger charge is 2.40. The van der Waals surface area contributed by atoms with Crippen LogP contribution in [0.15, 0.2) is 24.3 Å². The first kappa shape index (κ1) is 12.3. The molecule has 1 aliphatic heterocycles. The molecule has 0 bridgehead atoms. The Morgan fingerprint density at radius 2 is 1.89 bits per heavy atom. The Hall–Kier alpha value is -2.17. The summed E-state index contributed by atoms with van der Waals surface area (Å²) in [7, 11) is 2.93. The predicted molar refractivity (Wildman–Crippen MR) is 63.2 cm³/mol. The molecule has 94 valence electrons. The van der Waals surface area contributed by atoms with Crippen LogP contribution in [0.3, 0.4) is 0 Å². The van der Waals surface area contributed by atoms with Crippen molar-refractivity contribution in [3.05, 3.63) is 29.8 Å². The van der Waals surface area contributed by atoms with Crippen LogP contribution in [0.1, 0.15) is 16.8 Å². The summed E-state index contributed by atoms with van der Waals surface area (Å²) in [5.41, 5.74) is 0.414. The molecule has 1 saturated heterocycles. The maximum atomic E-state index is 12.1. The van der Waals surface area contributed by atoms with Crippen LogP contribution in [0.4, 0.5) is 0 Å². The molecule has 18 heavy (non-hydrogen) atoms. The number of benzene rings is 1. The third-order valence-electron chi connectivity index (χ3n) is 3.07. The molecule has 5 nitrogen and oxygen atoms in total. The summed E-state index contributed by atoms with van der Waals surface area (Å²) in [5.74, 6) is -1.30. The number of carbonyl (C=O) groups is 3. The fourth-order valence-corrected chi connectivity index (χ4v) is 1.92. The zero-order valence-corrected chi connectivity index (χ0v) is 10.2. The Bertz CT molecular complexity index is 506. The number of hydrogen-bond donors (Lipinski definition) is 0. The van der Waals surface area contributed by atoms with Gasteiger partial charge in [0.1, 0.15) is 11.7 Å². The first-order valence-electron chi connectivity index (χ1n) is 5.53. The predicted octanol–water partition coefficient (Wildman–Crippen LogP) is 0.883. The third-order valence-corrected chi connectivity index (χ3v) is 3.07.